The Labute approximate surface area is 173 Å². The molecule has 156 valence electrons. The molecule has 0 radical (unpaired) electrons. The minimum Gasteiger partial charge on any atom is -0.449 e. The predicted molar refractivity (Wildman–Crippen MR) is 113 cm³/mol. The van der Waals surface area contributed by atoms with Crippen LogP contribution in [0.1, 0.15) is 30.1 Å². The lowest BCUT2D eigenvalue weighted by atomic mass is 10.3. The summed E-state index contributed by atoms with van der Waals surface area (Å²) in [5.74, 6) is -0.270. The fraction of sp³-hybridized carbons (Fsp3) is 0.250. The average Bonchev–Trinajstić information content (AvgIpc) is 3.17. The Bertz CT molecular complexity index is 1150. The van der Waals surface area contributed by atoms with Crippen LogP contribution in [0.3, 0.4) is 0 Å². The molecule has 0 spiro atoms. The summed E-state index contributed by atoms with van der Waals surface area (Å²) in [4.78, 5) is 24.4. The van der Waals surface area contributed by atoms with Crippen LogP contribution in [0.2, 0.25) is 0 Å². The Balaban J connectivity index is 1.67. The number of hydrogen-bond donors (Lipinski definition) is 2. The van der Waals surface area contributed by atoms with Gasteiger partial charge in [-0.1, -0.05) is 0 Å². The quantitative estimate of drug-likeness (QED) is 0.529. The van der Waals surface area contributed by atoms with Gasteiger partial charge in [0.15, 0.2) is 21.2 Å². The van der Waals surface area contributed by atoms with Crippen LogP contribution in [0.5, 0.6) is 0 Å². The monoisotopic (exact) mass is 427 g/mol. The maximum absolute atomic E-state index is 12.7. The molecule has 0 saturated heterocycles. The van der Waals surface area contributed by atoms with Crippen molar-refractivity contribution in [2.24, 2.45) is 4.99 Å². The largest absolute Gasteiger partial charge is 0.449 e. The van der Waals surface area contributed by atoms with Gasteiger partial charge in [0, 0.05) is 36.3 Å². The number of aromatic nitrogens is 2. The molecule has 2 N–H and O–H groups in total. The summed E-state index contributed by atoms with van der Waals surface area (Å²) < 4.78 is 30.8. The van der Waals surface area contributed by atoms with Crippen molar-refractivity contribution in [3.63, 3.8) is 0 Å². The van der Waals surface area contributed by atoms with Gasteiger partial charge in [-0.05, 0) is 38.1 Å². The van der Waals surface area contributed by atoms with Crippen LogP contribution in [0, 0.1) is 5.41 Å². The highest BCUT2D eigenvalue weighted by Gasteiger charge is 2.24. The van der Waals surface area contributed by atoms with Gasteiger partial charge in [0.2, 0.25) is 0 Å². The van der Waals surface area contributed by atoms with E-state index < -0.39 is 21.0 Å². The Kier molecular flexibility index (Phi) is 6.36. The fourth-order valence-corrected chi connectivity index (χ4v) is 3.75. The zero-order chi connectivity index (χ0) is 21.7. The summed E-state index contributed by atoms with van der Waals surface area (Å²) in [6, 6.07) is 6.19. The number of sulfone groups is 1. The summed E-state index contributed by atoms with van der Waals surface area (Å²) in [7, 11) is -3.82. The van der Waals surface area contributed by atoms with E-state index >= 15 is 0 Å². The van der Waals surface area contributed by atoms with E-state index in [9.17, 15) is 13.2 Å². The molecule has 3 rings (SSSR count). The van der Waals surface area contributed by atoms with Gasteiger partial charge in [-0.15, -0.1) is 0 Å². The van der Waals surface area contributed by atoms with Crippen molar-refractivity contribution in [2.45, 2.75) is 36.6 Å². The molecule has 3 aromatic heterocycles. The van der Waals surface area contributed by atoms with Crippen molar-refractivity contribution in [3.05, 3.63) is 54.3 Å². The van der Waals surface area contributed by atoms with E-state index in [0.717, 1.165) is 11.6 Å². The summed E-state index contributed by atoms with van der Waals surface area (Å²) in [6.45, 7) is 3.73. The number of fused-ring (bicyclic) bond motifs is 1. The van der Waals surface area contributed by atoms with Gasteiger partial charge in [-0.2, -0.15) is 0 Å². The lowest BCUT2D eigenvalue weighted by Gasteiger charge is -2.10. The van der Waals surface area contributed by atoms with E-state index in [0.29, 0.717) is 11.3 Å². The number of carbonyl (C=O) groups is 1. The molecule has 10 heteroatoms. The molecule has 0 saturated carbocycles. The van der Waals surface area contributed by atoms with Crippen LogP contribution in [0.25, 0.3) is 11.0 Å². The smallest absolute Gasteiger partial charge is 0.287 e. The zero-order valence-corrected chi connectivity index (χ0v) is 17.3. The van der Waals surface area contributed by atoms with Crippen LogP contribution < -0.4 is 5.32 Å². The highest BCUT2D eigenvalue weighted by molar-refractivity contribution is 7.93. The first kappa shape index (κ1) is 21.3. The van der Waals surface area contributed by atoms with Crippen molar-refractivity contribution in [3.8, 4) is 0 Å². The van der Waals surface area contributed by atoms with Crippen LogP contribution in [-0.2, 0) is 16.4 Å². The summed E-state index contributed by atoms with van der Waals surface area (Å²) in [5, 5.41) is 9.70. The van der Waals surface area contributed by atoms with Gasteiger partial charge in [-0.25, -0.2) is 8.42 Å². The van der Waals surface area contributed by atoms with E-state index in [1.54, 1.807) is 18.3 Å². The topological polar surface area (TPSA) is 138 Å². The van der Waals surface area contributed by atoms with Crippen molar-refractivity contribution in [1.29, 1.82) is 5.41 Å². The average molecular weight is 427 g/mol. The molecule has 1 atom stereocenters. The highest BCUT2D eigenvalue weighted by atomic mass is 32.2. The molecule has 0 fully saturated rings. The number of amides is 1. The van der Waals surface area contributed by atoms with E-state index in [1.807, 2.05) is 13.8 Å². The fourth-order valence-electron chi connectivity index (χ4n) is 2.56. The van der Waals surface area contributed by atoms with E-state index in [2.05, 4.69) is 20.3 Å². The molecule has 1 amide bonds. The van der Waals surface area contributed by atoms with Crippen molar-refractivity contribution < 1.29 is 17.6 Å². The maximum atomic E-state index is 12.7. The van der Waals surface area contributed by atoms with Gasteiger partial charge in [-0.3, -0.25) is 19.8 Å². The predicted octanol–water partition coefficient (Wildman–Crippen LogP) is 2.42. The Morgan fingerprint density at radius 3 is 2.73 bits per heavy atom. The van der Waals surface area contributed by atoms with Crippen LogP contribution >= 0.6 is 0 Å². The molecule has 0 aromatic carbocycles. The summed E-state index contributed by atoms with van der Waals surface area (Å²) >= 11 is 0. The summed E-state index contributed by atoms with van der Waals surface area (Å²) in [5.41, 5.74) is 0.986. The van der Waals surface area contributed by atoms with Gasteiger partial charge >= 0.3 is 0 Å². The number of nitrogens with one attached hydrogen (secondary N) is 2. The first-order chi connectivity index (χ1) is 14.3. The van der Waals surface area contributed by atoms with Gasteiger partial charge < -0.3 is 15.1 Å². The molecule has 0 aliphatic heterocycles. The van der Waals surface area contributed by atoms with Crippen molar-refractivity contribution in [2.75, 3.05) is 0 Å². The maximum Gasteiger partial charge on any atom is 0.287 e. The van der Waals surface area contributed by atoms with Gasteiger partial charge in [0.25, 0.3) is 5.91 Å². The molecule has 30 heavy (non-hydrogen) atoms. The molecule has 3 heterocycles. The zero-order valence-electron chi connectivity index (χ0n) is 16.4. The van der Waals surface area contributed by atoms with Crippen LogP contribution in [0.15, 0.2) is 57.2 Å². The molecular formula is C20H21N5O4S. The van der Waals surface area contributed by atoms with E-state index in [-0.39, 0.29) is 23.2 Å². The lowest BCUT2D eigenvalue weighted by Crippen LogP contribution is -2.25. The summed E-state index contributed by atoms with van der Waals surface area (Å²) in [6.07, 6.45) is 6.43. The first-order valence-electron chi connectivity index (χ1n) is 9.15. The number of rotatable bonds is 8. The minimum absolute atomic E-state index is 0.0222. The molecule has 3 aromatic rings. The highest BCUT2D eigenvalue weighted by Crippen LogP contribution is 2.18. The molecule has 0 aliphatic carbocycles. The molecule has 9 nitrogen and oxygen atoms in total. The number of hydrogen-bond acceptors (Lipinski definition) is 8. The second-order valence-corrected chi connectivity index (χ2v) is 8.87. The van der Waals surface area contributed by atoms with E-state index in [1.165, 1.54) is 30.7 Å². The van der Waals surface area contributed by atoms with E-state index in [4.69, 9.17) is 9.83 Å². The van der Waals surface area contributed by atoms with Crippen molar-refractivity contribution >= 4 is 39.1 Å². The third-order valence-corrected chi connectivity index (χ3v) is 6.03. The molecular weight excluding hydrogens is 406 g/mol. The number of nitrogens with zero attached hydrogens (tertiary/aromatic N) is 3. The second kappa shape index (κ2) is 8.95. The van der Waals surface area contributed by atoms with Gasteiger partial charge in [0.05, 0.1) is 23.3 Å². The van der Waals surface area contributed by atoms with Crippen LogP contribution in [-0.4, -0.2) is 48.0 Å². The Morgan fingerprint density at radius 1 is 1.30 bits per heavy atom. The molecule has 0 bridgehead atoms. The number of aliphatic imine (C=N–C) groups is 1. The van der Waals surface area contributed by atoms with Gasteiger partial charge in [0.1, 0.15) is 5.25 Å². The first-order valence-corrected chi connectivity index (χ1v) is 10.7. The van der Waals surface area contributed by atoms with Crippen molar-refractivity contribution in [1.82, 2.24) is 15.3 Å². The Hall–Kier alpha value is -3.40. The SMILES string of the molecule is CC(C)N=CC(C=N)S(=O)(=O)c1ccc(CNC(=O)c2cc3ccncc3o2)nc1. The third kappa shape index (κ3) is 4.77. The standard InChI is InChI=1S/C20H21N5O4S/c1-13(2)23-11-17(8-21)30(27,28)16-4-3-15(24-10-16)9-25-20(26)18-7-14-5-6-22-12-19(14)29-18/h3-8,10-13,17,21H,9H2,1-2H3,(H,25,26). The molecule has 0 aliphatic rings. The lowest BCUT2D eigenvalue weighted by molar-refractivity contribution is 0.0925. The third-order valence-electron chi connectivity index (χ3n) is 4.16. The number of pyridine rings is 2. The normalized spacial score (nSPS) is 13.0. The minimum atomic E-state index is -3.82. The van der Waals surface area contributed by atoms with Crippen LogP contribution in [0.4, 0.5) is 0 Å². The number of furan rings is 1. The Morgan fingerprint density at radius 2 is 2.10 bits per heavy atom. The second-order valence-electron chi connectivity index (χ2n) is 6.76. The number of carbonyl (C=O) groups excluding carboxylic acids is 1. The molecule has 1 unspecified atom stereocenters.